The van der Waals surface area contributed by atoms with Crippen LogP contribution in [0.15, 0.2) is 29.7 Å². The Hall–Kier alpha value is -1.77. The number of thioether (sulfide) groups is 1. The number of amides is 2. The molecule has 0 unspecified atom stereocenters. The van der Waals surface area contributed by atoms with E-state index in [1.54, 1.807) is 31.6 Å². The van der Waals surface area contributed by atoms with Gasteiger partial charge < -0.3 is 14.8 Å². The van der Waals surface area contributed by atoms with Gasteiger partial charge in [0.25, 0.3) is 0 Å². The van der Waals surface area contributed by atoms with Crippen molar-refractivity contribution in [2.24, 2.45) is 0 Å². The van der Waals surface area contributed by atoms with Gasteiger partial charge in [-0.2, -0.15) is 0 Å². The molecule has 0 aliphatic heterocycles. The lowest BCUT2D eigenvalue weighted by molar-refractivity contribution is -0.131. The minimum Gasteiger partial charge on any atom is -0.336 e. The predicted octanol–water partition coefficient (Wildman–Crippen LogP) is 3.36. The van der Waals surface area contributed by atoms with Crippen molar-refractivity contribution >= 4 is 52.5 Å². The number of benzene rings is 1. The monoisotopic (exact) mass is 415 g/mol. The third-order valence-corrected chi connectivity index (χ3v) is 5.03. The number of aromatic nitrogens is 3. The van der Waals surface area contributed by atoms with Gasteiger partial charge in [0.05, 0.1) is 28.0 Å². The minimum absolute atomic E-state index is 0.113. The first kappa shape index (κ1) is 20.5. The first-order valence-electron chi connectivity index (χ1n) is 7.79. The smallest absolute Gasteiger partial charge is 0.244 e. The molecule has 0 spiro atoms. The summed E-state index contributed by atoms with van der Waals surface area (Å²) in [6, 6.07) is 5.13. The molecular formula is C16H19Cl2N5O2S. The molecule has 1 heterocycles. The van der Waals surface area contributed by atoms with Gasteiger partial charge >= 0.3 is 0 Å². The fourth-order valence-electron chi connectivity index (χ4n) is 2.03. The lowest BCUT2D eigenvalue weighted by atomic mass is 10.3. The number of carbonyl (C=O) groups is 2. The summed E-state index contributed by atoms with van der Waals surface area (Å²) < 4.78 is 1.88. The van der Waals surface area contributed by atoms with E-state index in [4.69, 9.17) is 23.2 Å². The van der Waals surface area contributed by atoms with Gasteiger partial charge in [-0.3, -0.25) is 9.59 Å². The number of nitrogens with one attached hydrogen (secondary N) is 1. The van der Waals surface area contributed by atoms with E-state index in [-0.39, 0.29) is 30.2 Å². The van der Waals surface area contributed by atoms with E-state index < -0.39 is 0 Å². The number of carbonyl (C=O) groups excluding carboxylic acids is 2. The molecular weight excluding hydrogens is 397 g/mol. The number of halogens is 2. The maximum Gasteiger partial charge on any atom is 0.244 e. The molecule has 0 bridgehead atoms. The summed E-state index contributed by atoms with van der Waals surface area (Å²) in [5, 5.41) is 11.8. The van der Waals surface area contributed by atoms with Crippen molar-refractivity contribution in [3.8, 4) is 0 Å². The van der Waals surface area contributed by atoms with Crippen LogP contribution in [0.4, 0.5) is 5.69 Å². The van der Waals surface area contributed by atoms with Crippen molar-refractivity contribution in [1.82, 2.24) is 19.7 Å². The Morgan fingerprint density at radius 1 is 1.31 bits per heavy atom. The highest BCUT2D eigenvalue weighted by Crippen LogP contribution is 2.29. The third-order valence-electron chi connectivity index (χ3n) is 3.46. The van der Waals surface area contributed by atoms with Crippen LogP contribution in [0.5, 0.6) is 0 Å². The van der Waals surface area contributed by atoms with Crippen molar-refractivity contribution in [1.29, 1.82) is 0 Å². The topological polar surface area (TPSA) is 80.1 Å². The van der Waals surface area contributed by atoms with E-state index in [1.807, 2.05) is 18.4 Å². The highest BCUT2D eigenvalue weighted by atomic mass is 35.5. The average Bonchev–Trinajstić information content (AvgIpc) is 3.05. The second-order valence-electron chi connectivity index (χ2n) is 5.80. The van der Waals surface area contributed by atoms with Crippen LogP contribution in [-0.2, 0) is 9.59 Å². The van der Waals surface area contributed by atoms with Crippen molar-refractivity contribution in [2.45, 2.75) is 25.0 Å². The van der Waals surface area contributed by atoms with Crippen molar-refractivity contribution in [3.63, 3.8) is 0 Å². The Labute approximate surface area is 166 Å². The van der Waals surface area contributed by atoms with Crippen molar-refractivity contribution < 1.29 is 9.59 Å². The number of nitrogens with zero attached hydrogens (tertiary/aromatic N) is 4. The van der Waals surface area contributed by atoms with Gasteiger partial charge in [0.15, 0.2) is 5.16 Å². The molecule has 0 aliphatic rings. The van der Waals surface area contributed by atoms with E-state index in [0.717, 1.165) is 0 Å². The van der Waals surface area contributed by atoms with Gasteiger partial charge in [0.1, 0.15) is 6.33 Å². The minimum atomic E-state index is -0.383. The molecule has 0 saturated carbocycles. The highest BCUT2D eigenvalue weighted by molar-refractivity contribution is 7.99. The number of rotatable bonds is 7. The maximum absolute atomic E-state index is 12.3. The van der Waals surface area contributed by atoms with Crippen LogP contribution in [0.3, 0.4) is 0 Å². The Morgan fingerprint density at radius 3 is 2.58 bits per heavy atom. The van der Waals surface area contributed by atoms with Crippen LogP contribution in [0.2, 0.25) is 10.0 Å². The van der Waals surface area contributed by atoms with Gasteiger partial charge in [0, 0.05) is 13.1 Å². The molecule has 7 nitrogen and oxygen atoms in total. The quantitative estimate of drug-likeness (QED) is 0.701. The van der Waals surface area contributed by atoms with Gasteiger partial charge in [0.2, 0.25) is 11.8 Å². The van der Waals surface area contributed by atoms with Gasteiger partial charge in [-0.1, -0.05) is 41.0 Å². The molecule has 140 valence electrons. The first-order chi connectivity index (χ1) is 12.3. The fraction of sp³-hybridized carbons (Fsp3) is 0.375. The third kappa shape index (κ3) is 5.36. The fourth-order valence-corrected chi connectivity index (χ4v) is 3.50. The van der Waals surface area contributed by atoms with Crippen LogP contribution in [0, 0.1) is 0 Å². The zero-order valence-corrected chi connectivity index (χ0v) is 16.9. The summed E-state index contributed by atoms with van der Waals surface area (Å²) in [7, 11) is 1.56. The molecule has 2 rings (SSSR count). The molecule has 26 heavy (non-hydrogen) atoms. The number of hydrogen-bond acceptors (Lipinski definition) is 5. The molecule has 0 fully saturated rings. The van der Waals surface area contributed by atoms with Crippen LogP contribution in [0.1, 0.15) is 19.9 Å². The second kappa shape index (κ2) is 9.25. The zero-order chi connectivity index (χ0) is 19.3. The lowest BCUT2D eigenvalue weighted by Gasteiger charge is -2.17. The largest absolute Gasteiger partial charge is 0.336 e. The van der Waals surface area contributed by atoms with Crippen LogP contribution in [0.25, 0.3) is 0 Å². The van der Waals surface area contributed by atoms with Gasteiger partial charge in [-0.05, 0) is 26.0 Å². The normalized spacial score (nSPS) is 10.8. The summed E-state index contributed by atoms with van der Waals surface area (Å²) in [5.41, 5.74) is 0.334. The second-order valence-corrected chi connectivity index (χ2v) is 7.55. The standard InChI is InChI=1S/C16H19Cl2N5O2S/c1-10(2)23-9-19-21-16(23)26-8-14(25)22(3)7-13(24)20-15-11(17)5-4-6-12(15)18/h4-6,9-10H,7-8H2,1-3H3,(H,20,24). The Balaban J connectivity index is 1.88. The highest BCUT2D eigenvalue weighted by Gasteiger charge is 2.17. The van der Waals surface area contributed by atoms with E-state index in [0.29, 0.717) is 20.9 Å². The SMILES string of the molecule is CC(C)n1cnnc1SCC(=O)N(C)CC(=O)Nc1c(Cl)cccc1Cl. The van der Waals surface area contributed by atoms with Crippen molar-refractivity contribution in [2.75, 3.05) is 24.7 Å². The van der Waals surface area contributed by atoms with Crippen LogP contribution < -0.4 is 5.32 Å². The van der Waals surface area contributed by atoms with Crippen LogP contribution in [-0.4, -0.2) is 50.8 Å². The predicted molar refractivity (Wildman–Crippen MR) is 104 cm³/mol. The Bertz CT molecular complexity index is 776. The average molecular weight is 416 g/mol. The van der Waals surface area contributed by atoms with Gasteiger partial charge in [-0.15, -0.1) is 10.2 Å². The molecule has 0 atom stereocenters. The van der Waals surface area contributed by atoms with Gasteiger partial charge in [-0.25, -0.2) is 0 Å². The van der Waals surface area contributed by atoms with E-state index in [1.165, 1.54) is 16.7 Å². The number of hydrogen-bond donors (Lipinski definition) is 1. The molecule has 2 amide bonds. The van der Waals surface area contributed by atoms with E-state index in [2.05, 4.69) is 15.5 Å². The number of likely N-dealkylation sites (N-methyl/N-ethyl adjacent to an activating group) is 1. The maximum atomic E-state index is 12.3. The molecule has 1 N–H and O–H groups in total. The summed E-state index contributed by atoms with van der Waals surface area (Å²) in [5.74, 6) is -0.429. The number of anilines is 1. The summed E-state index contributed by atoms with van der Waals surface area (Å²) in [6.07, 6.45) is 1.63. The Kier molecular flexibility index (Phi) is 7.31. The summed E-state index contributed by atoms with van der Waals surface area (Å²) in [6.45, 7) is 3.90. The van der Waals surface area contributed by atoms with E-state index >= 15 is 0 Å². The zero-order valence-electron chi connectivity index (χ0n) is 14.6. The molecule has 0 saturated heterocycles. The lowest BCUT2D eigenvalue weighted by Crippen LogP contribution is -2.36. The van der Waals surface area contributed by atoms with E-state index in [9.17, 15) is 9.59 Å². The van der Waals surface area contributed by atoms with Crippen LogP contribution >= 0.6 is 35.0 Å². The molecule has 1 aromatic heterocycles. The van der Waals surface area contributed by atoms with Crippen molar-refractivity contribution in [3.05, 3.63) is 34.6 Å². The summed E-state index contributed by atoms with van der Waals surface area (Å²) >= 11 is 13.3. The molecule has 1 aromatic carbocycles. The number of para-hydroxylation sites is 1. The molecule has 2 aromatic rings. The Morgan fingerprint density at radius 2 is 1.96 bits per heavy atom. The summed E-state index contributed by atoms with van der Waals surface area (Å²) in [4.78, 5) is 25.7. The molecule has 10 heteroatoms. The molecule has 0 aliphatic carbocycles. The molecule has 0 radical (unpaired) electrons. The first-order valence-corrected chi connectivity index (χ1v) is 9.54.